The largest absolute Gasteiger partial charge is 0.481 e. The summed E-state index contributed by atoms with van der Waals surface area (Å²) in [6.07, 6.45) is 0.0691. The number of rotatable bonds is 7. The van der Waals surface area contributed by atoms with E-state index in [4.69, 9.17) is 5.11 Å². The number of carboxylic acids is 1. The summed E-state index contributed by atoms with van der Waals surface area (Å²) >= 11 is 0. The SMILES string of the molecule is CN(CCC(=O)O)C(=O)CNC(=O)Cc1cccc2ccccc12. The van der Waals surface area contributed by atoms with Gasteiger partial charge in [-0.05, 0) is 16.3 Å². The summed E-state index contributed by atoms with van der Waals surface area (Å²) in [6.45, 7) is -0.0208. The first-order valence-electron chi connectivity index (χ1n) is 7.66. The Balaban J connectivity index is 1.89. The van der Waals surface area contributed by atoms with Crippen LogP contribution in [0.15, 0.2) is 42.5 Å². The van der Waals surface area contributed by atoms with Crippen LogP contribution in [0, 0.1) is 0 Å². The van der Waals surface area contributed by atoms with Crippen molar-refractivity contribution in [2.24, 2.45) is 0 Å². The van der Waals surface area contributed by atoms with Crippen LogP contribution in [-0.2, 0) is 20.8 Å². The zero-order chi connectivity index (χ0) is 17.5. The third kappa shape index (κ3) is 4.81. The quantitative estimate of drug-likeness (QED) is 0.805. The molecular formula is C18H20N2O4. The average Bonchev–Trinajstić information content (AvgIpc) is 2.57. The van der Waals surface area contributed by atoms with E-state index in [1.54, 1.807) is 0 Å². The van der Waals surface area contributed by atoms with E-state index >= 15 is 0 Å². The highest BCUT2D eigenvalue weighted by molar-refractivity contribution is 5.91. The van der Waals surface area contributed by atoms with Crippen LogP contribution in [0.1, 0.15) is 12.0 Å². The van der Waals surface area contributed by atoms with Crippen molar-refractivity contribution in [2.75, 3.05) is 20.1 Å². The summed E-state index contributed by atoms with van der Waals surface area (Å²) in [7, 11) is 1.52. The summed E-state index contributed by atoms with van der Waals surface area (Å²) in [5, 5.41) is 13.3. The lowest BCUT2D eigenvalue weighted by Crippen LogP contribution is -2.39. The van der Waals surface area contributed by atoms with E-state index in [1.807, 2.05) is 42.5 Å². The highest BCUT2D eigenvalue weighted by Gasteiger charge is 2.12. The first kappa shape index (κ1) is 17.5. The molecule has 2 aromatic rings. The van der Waals surface area contributed by atoms with Gasteiger partial charge in [-0.25, -0.2) is 0 Å². The van der Waals surface area contributed by atoms with Crippen molar-refractivity contribution in [3.05, 3.63) is 48.0 Å². The number of likely N-dealkylation sites (N-methyl/N-ethyl adjacent to an activating group) is 1. The molecule has 2 N–H and O–H groups in total. The van der Waals surface area contributed by atoms with Gasteiger partial charge in [0, 0.05) is 13.6 Å². The molecule has 0 atom stereocenters. The normalized spacial score (nSPS) is 10.4. The molecule has 126 valence electrons. The van der Waals surface area contributed by atoms with Crippen molar-refractivity contribution >= 4 is 28.6 Å². The number of nitrogens with zero attached hydrogens (tertiary/aromatic N) is 1. The third-order valence-electron chi connectivity index (χ3n) is 3.75. The molecule has 0 saturated heterocycles. The second kappa shape index (κ2) is 8.10. The van der Waals surface area contributed by atoms with Gasteiger partial charge in [0.15, 0.2) is 0 Å². The van der Waals surface area contributed by atoms with Crippen molar-refractivity contribution in [3.8, 4) is 0 Å². The Hall–Kier alpha value is -2.89. The van der Waals surface area contributed by atoms with Crippen LogP contribution in [0.4, 0.5) is 0 Å². The Morgan fingerprint density at radius 1 is 1.08 bits per heavy atom. The Labute approximate surface area is 140 Å². The van der Waals surface area contributed by atoms with Gasteiger partial charge in [-0.2, -0.15) is 0 Å². The fourth-order valence-electron chi connectivity index (χ4n) is 2.38. The Bertz CT molecular complexity index is 752. The van der Waals surface area contributed by atoms with Crippen molar-refractivity contribution in [1.29, 1.82) is 0 Å². The van der Waals surface area contributed by atoms with Crippen molar-refractivity contribution in [2.45, 2.75) is 12.8 Å². The van der Waals surface area contributed by atoms with E-state index < -0.39 is 5.97 Å². The van der Waals surface area contributed by atoms with Crippen molar-refractivity contribution < 1.29 is 19.5 Å². The zero-order valence-electron chi connectivity index (χ0n) is 13.5. The van der Waals surface area contributed by atoms with Gasteiger partial charge in [0.1, 0.15) is 0 Å². The number of hydrogen-bond acceptors (Lipinski definition) is 3. The molecular weight excluding hydrogens is 308 g/mol. The number of hydrogen-bond donors (Lipinski definition) is 2. The molecule has 0 heterocycles. The van der Waals surface area contributed by atoms with Gasteiger partial charge in [0.05, 0.1) is 19.4 Å². The van der Waals surface area contributed by atoms with Crippen molar-refractivity contribution in [3.63, 3.8) is 0 Å². The van der Waals surface area contributed by atoms with Gasteiger partial charge >= 0.3 is 5.97 Å². The van der Waals surface area contributed by atoms with Gasteiger partial charge < -0.3 is 15.3 Å². The molecule has 0 radical (unpaired) electrons. The first-order chi connectivity index (χ1) is 11.5. The van der Waals surface area contributed by atoms with E-state index in [-0.39, 0.29) is 37.7 Å². The smallest absolute Gasteiger partial charge is 0.305 e. The number of carboxylic acid groups (broad SMARTS) is 1. The second-order valence-electron chi connectivity index (χ2n) is 5.55. The minimum Gasteiger partial charge on any atom is -0.481 e. The molecule has 6 nitrogen and oxygen atoms in total. The van der Waals surface area contributed by atoms with Gasteiger partial charge in [-0.1, -0.05) is 42.5 Å². The molecule has 0 saturated carbocycles. The highest BCUT2D eigenvalue weighted by Crippen LogP contribution is 2.18. The summed E-state index contributed by atoms with van der Waals surface area (Å²) in [5.41, 5.74) is 0.900. The maximum Gasteiger partial charge on any atom is 0.305 e. The van der Waals surface area contributed by atoms with E-state index in [2.05, 4.69) is 5.32 Å². The summed E-state index contributed by atoms with van der Waals surface area (Å²) in [5.74, 6) is -1.52. The molecule has 0 spiro atoms. The summed E-state index contributed by atoms with van der Waals surface area (Å²) in [6, 6.07) is 13.6. The van der Waals surface area contributed by atoms with Crippen LogP contribution in [-0.4, -0.2) is 47.9 Å². The van der Waals surface area contributed by atoms with Crippen LogP contribution in [0.2, 0.25) is 0 Å². The molecule has 0 aliphatic rings. The van der Waals surface area contributed by atoms with Crippen molar-refractivity contribution in [1.82, 2.24) is 10.2 Å². The van der Waals surface area contributed by atoms with E-state index in [0.717, 1.165) is 16.3 Å². The predicted octanol–water partition coefficient (Wildman–Crippen LogP) is 1.43. The summed E-state index contributed by atoms with van der Waals surface area (Å²) < 4.78 is 0. The zero-order valence-corrected chi connectivity index (χ0v) is 13.5. The molecule has 0 aliphatic carbocycles. The third-order valence-corrected chi connectivity index (χ3v) is 3.75. The number of amides is 2. The predicted molar refractivity (Wildman–Crippen MR) is 90.6 cm³/mol. The lowest BCUT2D eigenvalue weighted by molar-refractivity contribution is -0.138. The number of nitrogens with one attached hydrogen (secondary N) is 1. The molecule has 0 fully saturated rings. The van der Waals surface area contributed by atoms with E-state index in [1.165, 1.54) is 11.9 Å². The number of carbonyl (C=O) groups is 3. The minimum absolute atomic E-state index is 0.118. The molecule has 2 amide bonds. The monoisotopic (exact) mass is 328 g/mol. The Morgan fingerprint density at radius 3 is 2.54 bits per heavy atom. The first-order valence-corrected chi connectivity index (χ1v) is 7.66. The number of aliphatic carboxylic acids is 1. The molecule has 0 bridgehead atoms. The number of benzene rings is 2. The van der Waals surface area contributed by atoms with Crippen LogP contribution in [0.25, 0.3) is 10.8 Å². The van der Waals surface area contributed by atoms with Crippen LogP contribution in [0.3, 0.4) is 0 Å². The Morgan fingerprint density at radius 2 is 1.79 bits per heavy atom. The number of fused-ring (bicyclic) bond motifs is 1. The van der Waals surface area contributed by atoms with Gasteiger partial charge in [-0.15, -0.1) is 0 Å². The fraction of sp³-hybridized carbons (Fsp3) is 0.278. The summed E-state index contributed by atoms with van der Waals surface area (Å²) in [4.78, 5) is 35.7. The van der Waals surface area contributed by atoms with Gasteiger partial charge in [0.2, 0.25) is 11.8 Å². The van der Waals surface area contributed by atoms with Crippen LogP contribution in [0.5, 0.6) is 0 Å². The van der Waals surface area contributed by atoms with E-state index in [0.29, 0.717) is 0 Å². The molecule has 0 aromatic heterocycles. The lowest BCUT2D eigenvalue weighted by Gasteiger charge is -2.16. The maximum atomic E-state index is 12.1. The molecule has 2 aromatic carbocycles. The molecule has 24 heavy (non-hydrogen) atoms. The standard InChI is InChI=1S/C18H20N2O4/c1-20(10-9-18(23)24)17(22)12-19-16(21)11-14-7-4-6-13-5-2-3-8-15(13)14/h2-8H,9-12H2,1H3,(H,19,21)(H,23,24). The molecule has 2 rings (SSSR count). The fourth-order valence-corrected chi connectivity index (χ4v) is 2.38. The van der Waals surface area contributed by atoms with Crippen LogP contribution >= 0.6 is 0 Å². The lowest BCUT2D eigenvalue weighted by atomic mass is 10.0. The number of carbonyl (C=O) groups excluding carboxylic acids is 2. The van der Waals surface area contributed by atoms with Gasteiger partial charge in [0.25, 0.3) is 0 Å². The second-order valence-corrected chi connectivity index (χ2v) is 5.55. The Kier molecular flexibility index (Phi) is 5.89. The molecule has 0 unspecified atom stereocenters. The minimum atomic E-state index is -0.963. The van der Waals surface area contributed by atoms with E-state index in [9.17, 15) is 14.4 Å². The van der Waals surface area contributed by atoms with Gasteiger partial charge in [-0.3, -0.25) is 14.4 Å². The maximum absolute atomic E-state index is 12.1. The molecule has 6 heteroatoms. The molecule has 0 aliphatic heterocycles. The highest BCUT2D eigenvalue weighted by atomic mass is 16.4. The topological polar surface area (TPSA) is 86.7 Å². The van der Waals surface area contributed by atoms with Crippen LogP contribution < -0.4 is 5.32 Å². The average molecular weight is 328 g/mol.